The van der Waals surface area contributed by atoms with Crippen LogP contribution in [0.1, 0.15) is 0 Å². The van der Waals surface area contributed by atoms with Gasteiger partial charge in [0.05, 0.1) is 22.8 Å². The fourth-order valence-electron chi connectivity index (χ4n) is 10.3. The molecular weight excluding hydrogens is 839 g/mol. The third kappa shape index (κ3) is 6.95. The predicted molar refractivity (Wildman–Crippen MR) is 286 cm³/mol. The maximum atomic E-state index is 5.12. The molecule has 5 heteroatoms. The van der Waals surface area contributed by atoms with E-state index < -0.39 is 0 Å². The third-order valence-corrected chi connectivity index (χ3v) is 13.4. The number of benzene rings is 9. The van der Waals surface area contributed by atoms with Gasteiger partial charge < -0.3 is 4.90 Å². The zero-order valence-electron chi connectivity index (χ0n) is 37.6. The van der Waals surface area contributed by atoms with Gasteiger partial charge in [0, 0.05) is 51.7 Å². The Balaban J connectivity index is 0.954. The van der Waals surface area contributed by atoms with Gasteiger partial charge in [-0.25, -0.2) is 9.97 Å². The SMILES string of the molecule is c1ccc(-c2nc3ccccn3c2-c2ccc(N(c3ccc(-c4c5ccccc5c(-c5ccccc5)c5ccccc45)cc3)c3ccc(-c4c(-c5ccccc5)nc5ccccn45)cc3)cc2)cc1. The van der Waals surface area contributed by atoms with E-state index in [1.54, 1.807) is 0 Å². The largest absolute Gasteiger partial charge is 0.311 e. The highest BCUT2D eigenvalue weighted by Gasteiger charge is 2.21. The number of nitrogens with zero attached hydrogens (tertiary/aromatic N) is 5. The number of aromatic nitrogens is 4. The van der Waals surface area contributed by atoms with E-state index in [4.69, 9.17) is 9.97 Å². The second-order valence-electron chi connectivity index (χ2n) is 17.4. The first kappa shape index (κ1) is 40.0. The smallest absolute Gasteiger partial charge is 0.137 e. The van der Waals surface area contributed by atoms with Gasteiger partial charge in [-0.15, -0.1) is 0 Å². The van der Waals surface area contributed by atoms with Crippen molar-refractivity contribution in [3.05, 3.63) is 261 Å². The number of rotatable bonds is 9. The van der Waals surface area contributed by atoms with E-state index >= 15 is 0 Å². The molecule has 0 spiro atoms. The zero-order valence-corrected chi connectivity index (χ0v) is 37.6. The highest BCUT2D eigenvalue weighted by Crippen LogP contribution is 2.45. The molecule has 0 bridgehead atoms. The van der Waals surface area contributed by atoms with Crippen LogP contribution in [0.3, 0.4) is 0 Å². The van der Waals surface area contributed by atoms with Crippen molar-refractivity contribution in [2.24, 2.45) is 0 Å². The van der Waals surface area contributed by atoms with Crippen molar-refractivity contribution in [3.63, 3.8) is 0 Å². The van der Waals surface area contributed by atoms with Crippen LogP contribution in [0.2, 0.25) is 0 Å². The Morgan fingerprint density at radius 1 is 0.261 bits per heavy atom. The maximum Gasteiger partial charge on any atom is 0.137 e. The van der Waals surface area contributed by atoms with Crippen molar-refractivity contribution >= 4 is 49.9 Å². The number of hydrogen-bond donors (Lipinski definition) is 0. The highest BCUT2D eigenvalue weighted by molar-refractivity contribution is 6.21. The molecule has 13 rings (SSSR count). The summed E-state index contributed by atoms with van der Waals surface area (Å²) in [5.41, 5.74) is 18.2. The molecule has 0 aliphatic carbocycles. The van der Waals surface area contributed by atoms with Crippen LogP contribution in [0.15, 0.2) is 261 Å². The van der Waals surface area contributed by atoms with Gasteiger partial charge in [0.15, 0.2) is 0 Å². The van der Waals surface area contributed by atoms with Crippen molar-refractivity contribution < 1.29 is 0 Å². The van der Waals surface area contributed by atoms with Crippen LogP contribution in [0.5, 0.6) is 0 Å². The number of imidazole rings is 2. The Kier molecular flexibility index (Phi) is 9.76. The summed E-state index contributed by atoms with van der Waals surface area (Å²) in [6, 6.07) is 88.7. The minimum atomic E-state index is 0.911. The van der Waals surface area contributed by atoms with Crippen LogP contribution in [0.4, 0.5) is 17.1 Å². The van der Waals surface area contributed by atoms with Gasteiger partial charge in [-0.3, -0.25) is 8.80 Å². The Hall–Kier alpha value is -9.32. The standard InChI is InChI=1S/C64H43N5/c1-4-18-44(19-5-1)59-53-24-10-12-26-55(53)60(56-27-13-11-25-54(56)59)45-30-36-50(37-31-45)69(51-38-32-48(33-39-51)63-61(46-20-6-2-7-21-46)65-57-28-14-16-42-67(57)63)52-40-34-49(35-41-52)64-62(47-22-8-3-9-23-47)66-58-29-15-17-43-68(58)64/h1-43H. The Morgan fingerprint density at radius 3 is 0.942 bits per heavy atom. The average Bonchev–Trinajstić information content (AvgIpc) is 4.02. The molecule has 324 valence electrons. The zero-order chi connectivity index (χ0) is 45.7. The van der Waals surface area contributed by atoms with Crippen LogP contribution in [-0.4, -0.2) is 18.8 Å². The van der Waals surface area contributed by atoms with Gasteiger partial charge in [0.25, 0.3) is 0 Å². The van der Waals surface area contributed by atoms with Crippen molar-refractivity contribution in [1.82, 2.24) is 18.8 Å². The third-order valence-electron chi connectivity index (χ3n) is 13.4. The van der Waals surface area contributed by atoms with E-state index in [0.717, 1.165) is 73.4 Å². The molecule has 0 saturated carbocycles. The molecule has 0 atom stereocenters. The molecule has 0 aliphatic rings. The monoisotopic (exact) mass is 881 g/mol. The molecule has 5 nitrogen and oxygen atoms in total. The molecule has 0 unspecified atom stereocenters. The number of fused-ring (bicyclic) bond motifs is 4. The van der Waals surface area contributed by atoms with E-state index in [0.29, 0.717) is 0 Å². The molecular formula is C64H43N5. The van der Waals surface area contributed by atoms with Crippen LogP contribution < -0.4 is 4.90 Å². The van der Waals surface area contributed by atoms with Crippen molar-refractivity contribution in [1.29, 1.82) is 0 Å². The van der Waals surface area contributed by atoms with Gasteiger partial charge in [0.1, 0.15) is 11.3 Å². The van der Waals surface area contributed by atoms with E-state index in [-0.39, 0.29) is 0 Å². The minimum absolute atomic E-state index is 0.911. The lowest BCUT2D eigenvalue weighted by Gasteiger charge is -2.26. The van der Waals surface area contributed by atoms with Crippen molar-refractivity contribution in [2.45, 2.75) is 0 Å². The summed E-state index contributed by atoms with van der Waals surface area (Å²) in [4.78, 5) is 12.6. The summed E-state index contributed by atoms with van der Waals surface area (Å²) in [7, 11) is 0. The normalized spacial score (nSPS) is 11.5. The van der Waals surface area contributed by atoms with Crippen LogP contribution in [-0.2, 0) is 0 Å². The Labute approximate surface area is 400 Å². The molecule has 4 aromatic heterocycles. The van der Waals surface area contributed by atoms with Crippen LogP contribution in [0.25, 0.3) is 100 Å². The van der Waals surface area contributed by atoms with Crippen LogP contribution in [0, 0.1) is 0 Å². The lowest BCUT2D eigenvalue weighted by Crippen LogP contribution is -2.10. The van der Waals surface area contributed by atoms with Crippen molar-refractivity contribution in [2.75, 3.05) is 4.90 Å². The second kappa shape index (κ2) is 16.8. The Morgan fingerprint density at radius 2 is 0.565 bits per heavy atom. The summed E-state index contributed by atoms with van der Waals surface area (Å²) < 4.78 is 4.38. The summed E-state index contributed by atoms with van der Waals surface area (Å²) in [6.45, 7) is 0. The molecule has 0 radical (unpaired) electrons. The van der Waals surface area contributed by atoms with E-state index in [9.17, 15) is 0 Å². The Bertz CT molecular complexity index is 3750. The lowest BCUT2D eigenvalue weighted by atomic mass is 9.86. The van der Waals surface area contributed by atoms with Gasteiger partial charge in [-0.1, -0.05) is 188 Å². The lowest BCUT2D eigenvalue weighted by molar-refractivity contribution is 1.19. The molecule has 0 saturated heterocycles. The van der Waals surface area contributed by atoms with Gasteiger partial charge in [0.2, 0.25) is 0 Å². The summed E-state index contributed by atoms with van der Waals surface area (Å²) in [5, 5.41) is 4.95. The van der Waals surface area contributed by atoms with E-state index in [1.807, 2.05) is 24.3 Å². The quantitative estimate of drug-likeness (QED) is 0.136. The number of hydrogen-bond acceptors (Lipinski definition) is 3. The minimum Gasteiger partial charge on any atom is -0.311 e. The van der Waals surface area contributed by atoms with Crippen molar-refractivity contribution in [3.8, 4) is 67.3 Å². The topological polar surface area (TPSA) is 37.8 Å². The van der Waals surface area contributed by atoms with Crippen LogP contribution >= 0.6 is 0 Å². The molecule has 4 heterocycles. The molecule has 13 aromatic rings. The van der Waals surface area contributed by atoms with Gasteiger partial charge in [-0.2, -0.15) is 0 Å². The molecule has 0 N–H and O–H groups in total. The number of anilines is 3. The van der Waals surface area contributed by atoms with Gasteiger partial charge in [-0.05, 0) is 104 Å². The average molecular weight is 882 g/mol. The first-order valence-electron chi connectivity index (χ1n) is 23.4. The summed E-state index contributed by atoms with van der Waals surface area (Å²) in [5.74, 6) is 0. The first-order chi connectivity index (χ1) is 34.2. The summed E-state index contributed by atoms with van der Waals surface area (Å²) >= 11 is 0. The predicted octanol–water partition coefficient (Wildman–Crippen LogP) is 16.8. The highest BCUT2D eigenvalue weighted by atomic mass is 15.1. The molecule has 0 fully saturated rings. The molecule has 9 aromatic carbocycles. The molecule has 0 aliphatic heterocycles. The second-order valence-corrected chi connectivity index (χ2v) is 17.4. The first-order valence-corrected chi connectivity index (χ1v) is 23.4. The number of pyridine rings is 2. The fourth-order valence-corrected chi connectivity index (χ4v) is 10.3. The summed E-state index contributed by atoms with van der Waals surface area (Å²) in [6.07, 6.45) is 4.20. The van der Waals surface area contributed by atoms with Gasteiger partial charge >= 0.3 is 0 Å². The molecule has 69 heavy (non-hydrogen) atoms. The fraction of sp³-hybridized carbons (Fsp3) is 0. The van der Waals surface area contributed by atoms with E-state index in [2.05, 4.69) is 251 Å². The van der Waals surface area contributed by atoms with E-state index in [1.165, 1.54) is 43.8 Å². The molecule has 0 amide bonds. The maximum absolute atomic E-state index is 5.12.